The van der Waals surface area contributed by atoms with Crippen molar-refractivity contribution in [2.75, 3.05) is 26.2 Å². The monoisotopic (exact) mass is 475 g/mol. The van der Waals surface area contributed by atoms with E-state index >= 15 is 0 Å². The first-order valence-corrected chi connectivity index (χ1v) is 12.2. The van der Waals surface area contributed by atoms with Crippen LogP contribution < -0.4 is 5.32 Å². The molecule has 0 saturated carbocycles. The quantitative estimate of drug-likeness (QED) is 0.386. The highest BCUT2D eigenvalue weighted by molar-refractivity contribution is 5.85. The predicted octanol–water partition coefficient (Wildman–Crippen LogP) is 2.98. The topological polar surface area (TPSA) is 88.8 Å². The fourth-order valence-electron chi connectivity index (χ4n) is 5.52. The number of nitrogens with one attached hydrogen (secondary N) is 1. The molecule has 182 valence electrons. The Labute approximate surface area is 204 Å². The minimum atomic E-state index is -1.90. The highest BCUT2D eigenvalue weighted by Gasteiger charge is 2.51. The lowest BCUT2D eigenvalue weighted by molar-refractivity contribution is -0.939. The number of carbonyl (C=O) groups excluding carboxylic acids is 2. The van der Waals surface area contributed by atoms with Crippen LogP contribution in [0, 0.1) is 5.92 Å². The molecule has 0 unspecified atom stereocenters. The van der Waals surface area contributed by atoms with Crippen molar-refractivity contribution in [1.29, 1.82) is 0 Å². The SMILES string of the molecule is O=C(C[N+]12CCC(CC1)[C@@H](OC(=O)C(O)(c1ccccc1)c1ccccc1)C2)NCc1ccco1. The molecule has 2 N–H and O–H groups in total. The number of aliphatic hydroxyl groups is 1. The van der Waals surface area contributed by atoms with E-state index in [9.17, 15) is 14.7 Å². The number of benzene rings is 2. The molecule has 7 nitrogen and oxygen atoms in total. The van der Waals surface area contributed by atoms with Crippen LogP contribution in [0.5, 0.6) is 0 Å². The van der Waals surface area contributed by atoms with E-state index in [4.69, 9.17) is 9.15 Å². The third-order valence-electron chi connectivity index (χ3n) is 7.50. The number of furan rings is 1. The highest BCUT2D eigenvalue weighted by Crippen LogP contribution is 2.38. The van der Waals surface area contributed by atoms with Gasteiger partial charge in [-0.2, -0.15) is 0 Å². The summed E-state index contributed by atoms with van der Waals surface area (Å²) in [6.07, 6.45) is 3.02. The normalized spacial score (nSPS) is 23.6. The van der Waals surface area contributed by atoms with Crippen molar-refractivity contribution in [3.05, 3.63) is 95.9 Å². The van der Waals surface area contributed by atoms with Gasteiger partial charge in [-0.15, -0.1) is 0 Å². The Morgan fingerprint density at radius 2 is 1.60 bits per heavy atom. The Morgan fingerprint density at radius 3 is 2.17 bits per heavy atom. The molecule has 3 aliphatic rings. The fourth-order valence-corrected chi connectivity index (χ4v) is 5.52. The van der Waals surface area contributed by atoms with Crippen molar-refractivity contribution in [2.24, 2.45) is 5.92 Å². The van der Waals surface area contributed by atoms with E-state index < -0.39 is 11.6 Å². The van der Waals surface area contributed by atoms with E-state index in [1.54, 1.807) is 60.9 Å². The van der Waals surface area contributed by atoms with E-state index in [2.05, 4.69) is 5.32 Å². The molecule has 1 atom stereocenters. The smallest absolute Gasteiger partial charge is 0.348 e. The summed E-state index contributed by atoms with van der Waals surface area (Å²) in [4.78, 5) is 26.3. The first-order chi connectivity index (χ1) is 17.0. The number of hydrogen-bond acceptors (Lipinski definition) is 5. The van der Waals surface area contributed by atoms with Gasteiger partial charge in [0.05, 0.1) is 25.9 Å². The summed E-state index contributed by atoms with van der Waals surface area (Å²) >= 11 is 0. The van der Waals surface area contributed by atoms with Gasteiger partial charge in [0, 0.05) is 18.8 Å². The molecule has 3 saturated heterocycles. The average Bonchev–Trinajstić information content (AvgIpc) is 3.42. The van der Waals surface area contributed by atoms with E-state index in [0.29, 0.717) is 41.0 Å². The second-order valence-electron chi connectivity index (χ2n) is 9.71. The van der Waals surface area contributed by atoms with Crippen molar-refractivity contribution in [2.45, 2.75) is 31.1 Å². The van der Waals surface area contributed by atoms with Crippen LogP contribution >= 0.6 is 0 Å². The van der Waals surface area contributed by atoms with Crippen LogP contribution in [0.4, 0.5) is 0 Å². The number of rotatable bonds is 8. The number of esters is 1. The fraction of sp³-hybridized carbons (Fsp3) is 0.357. The third kappa shape index (κ3) is 4.74. The van der Waals surface area contributed by atoms with Crippen molar-refractivity contribution in [3.8, 4) is 0 Å². The number of fused-ring (bicyclic) bond motifs is 3. The zero-order valence-corrected chi connectivity index (χ0v) is 19.6. The summed E-state index contributed by atoms with van der Waals surface area (Å²) in [7, 11) is 0. The maximum Gasteiger partial charge on any atom is 0.348 e. The minimum Gasteiger partial charge on any atom is -0.467 e. The number of ether oxygens (including phenoxy) is 1. The lowest BCUT2D eigenvalue weighted by Gasteiger charge is -2.51. The average molecular weight is 476 g/mol. The van der Waals surface area contributed by atoms with E-state index in [0.717, 1.165) is 25.9 Å². The van der Waals surface area contributed by atoms with Gasteiger partial charge in [0.25, 0.3) is 5.91 Å². The molecular weight excluding hydrogens is 444 g/mol. The Bertz CT molecular complexity index is 1100. The number of hydrogen-bond donors (Lipinski definition) is 2. The molecule has 35 heavy (non-hydrogen) atoms. The lowest BCUT2D eigenvalue weighted by Crippen LogP contribution is -2.66. The van der Waals surface area contributed by atoms with Gasteiger partial charge in [0.1, 0.15) is 12.3 Å². The summed E-state index contributed by atoms with van der Waals surface area (Å²) in [5.74, 6) is 0.232. The number of carbonyl (C=O) groups is 2. The minimum absolute atomic E-state index is 0.0445. The van der Waals surface area contributed by atoms with Crippen LogP contribution in [0.15, 0.2) is 83.5 Å². The second kappa shape index (κ2) is 9.68. The summed E-state index contributed by atoms with van der Waals surface area (Å²) in [5.41, 5.74) is -0.961. The maximum atomic E-state index is 13.6. The van der Waals surface area contributed by atoms with Crippen LogP contribution in [0.2, 0.25) is 0 Å². The molecule has 7 heteroatoms. The molecule has 3 aromatic rings. The summed E-state index contributed by atoms with van der Waals surface area (Å²) < 4.78 is 12.0. The Hall–Kier alpha value is -3.42. The van der Waals surface area contributed by atoms with Gasteiger partial charge in [-0.05, 0) is 23.3 Å². The maximum absolute atomic E-state index is 13.6. The molecule has 3 fully saturated rings. The summed E-state index contributed by atoms with van der Waals surface area (Å²) in [5, 5.41) is 14.7. The Balaban J connectivity index is 1.31. The van der Waals surface area contributed by atoms with Crippen LogP contribution in [0.3, 0.4) is 0 Å². The molecule has 2 bridgehead atoms. The van der Waals surface area contributed by atoms with Crippen LogP contribution in [-0.4, -0.2) is 53.7 Å². The molecule has 4 heterocycles. The van der Waals surface area contributed by atoms with Crippen LogP contribution in [0.25, 0.3) is 0 Å². The first-order valence-electron chi connectivity index (χ1n) is 12.2. The standard InChI is InChI=1S/C28H30N2O5/c31-26(29-18-24-12-7-17-34-24)20-30-15-13-21(14-16-30)25(19-30)35-27(32)28(33,22-8-3-1-4-9-22)23-10-5-2-6-11-23/h1-12,17,21,25,33H,13-16,18-20H2/p+1/t21?,25-,30?/m0/s1. The first kappa shape index (κ1) is 23.3. The molecule has 6 rings (SSSR count). The molecule has 1 aromatic heterocycles. The molecule has 1 amide bonds. The zero-order valence-electron chi connectivity index (χ0n) is 19.6. The van der Waals surface area contributed by atoms with Gasteiger partial charge >= 0.3 is 5.97 Å². The van der Waals surface area contributed by atoms with E-state index in [1.165, 1.54) is 0 Å². The van der Waals surface area contributed by atoms with Crippen molar-refractivity contribution >= 4 is 11.9 Å². The van der Waals surface area contributed by atoms with Crippen molar-refractivity contribution < 1.29 is 28.3 Å². The molecule has 2 aromatic carbocycles. The predicted molar refractivity (Wildman–Crippen MR) is 129 cm³/mol. The van der Waals surface area contributed by atoms with Crippen molar-refractivity contribution in [3.63, 3.8) is 0 Å². The molecule has 3 aliphatic heterocycles. The number of amides is 1. The third-order valence-corrected chi connectivity index (χ3v) is 7.50. The van der Waals surface area contributed by atoms with E-state index in [-0.39, 0.29) is 17.9 Å². The van der Waals surface area contributed by atoms with Gasteiger partial charge in [-0.3, -0.25) is 4.79 Å². The Morgan fingerprint density at radius 1 is 0.971 bits per heavy atom. The van der Waals surface area contributed by atoms with Crippen molar-refractivity contribution in [1.82, 2.24) is 5.32 Å². The highest BCUT2D eigenvalue weighted by atomic mass is 16.6. The zero-order chi connectivity index (χ0) is 24.3. The Kier molecular flexibility index (Phi) is 6.45. The second-order valence-corrected chi connectivity index (χ2v) is 9.71. The number of quaternary nitrogens is 1. The van der Waals surface area contributed by atoms with Crippen LogP contribution in [0.1, 0.15) is 29.7 Å². The molecule has 0 spiro atoms. The number of piperidine rings is 3. The lowest BCUT2D eigenvalue weighted by atomic mass is 9.82. The molecule has 0 radical (unpaired) electrons. The molecular formula is C28H31N2O5+. The van der Waals surface area contributed by atoms with E-state index in [1.807, 2.05) is 18.2 Å². The number of nitrogens with zero attached hydrogens (tertiary/aromatic N) is 1. The van der Waals surface area contributed by atoms with Gasteiger partial charge in [0.15, 0.2) is 12.6 Å². The molecule has 0 aliphatic carbocycles. The van der Waals surface area contributed by atoms with Gasteiger partial charge in [-0.1, -0.05) is 60.7 Å². The summed E-state index contributed by atoms with van der Waals surface area (Å²) in [6.45, 7) is 3.03. The largest absolute Gasteiger partial charge is 0.467 e. The van der Waals surface area contributed by atoms with Crippen LogP contribution in [-0.2, 0) is 26.5 Å². The van der Waals surface area contributed by atoms with Gasteiger partial charge in [0.2, 0.25) is 5.60 Å². The van der Waals surface area contributed by atoms with Gasteiger partial charge < -0.3 is 24.1 Å². The summed E-state index contributed by atoms with van der Waals surface area (Å²) in [6, 6.07) is 21.5. The van der Waals surface area contributed by atoms with Gasteiger partial charge in [-0.25, -0.2) is 4.79 Å².